The molecule has 8 nitrogen and oxygen atoms in total. The number of rotatable bonds is 9. The minimum Gasteiger partial charge on any atom is -0.447 e. The summed E-state index contributed by atoms with van der Waals surface area (Å²) in [5.74, 6) is -1.55. The molecule has 8 heteroatoms. The summed E-state index contributed by atoms with van der Waals surface area (Å²) in [6.07, 6.45) is 0.631. The van der Waals surface area contributed by atoms with Gasteiger partial charge in [-0.1, -0.05) is 26.0 Å². The van der Waals surface area contributed by atoms with Crippen molar-refractivity contribution < 1.29 is 29.0 Å². The van der Waals surface area contributed by atoms with Gasteiger partial charge in [0.05, 0.1) is 24.1 Å². The Hall–Kier alpha value is -2.35. The molecule has 1 rings (SSSR count). The lowest BCUT2D eigenvalue weighted by molar-refractivity contribution is -0.138. The van der Waals surface area contributed by atoms with E-state index in [1.165, 1.54) is 12.2 Å². The maximum atomic E-state index is 13.2. The van der Waals surface area contributed by atoms with Crippen LogP contribution in [0, 0.1) is 11.8 Å². The Balaban J connectivity index is 3.07. The molecule has 29 heavy (non-hydrogen) atoms. The van der Waals surface area contributed by atoms with Crippen molar-refractivity contribution in [1.82, 2.24) is 10.2 Å². The van der Waals surface area contributed by atoms with Crippen LogP contribution < -0.4 is 5.32 Å². The number of alkyl carbamates (subject to hydrolysis) is 1. The largest absolute Gasteiger partial charge is 0.447 e. The van der Waals surface area contributed by atoms with Crippen molar-refractivity contribution >= 4 is 18.1 Å². The molecule has 0 radical (unpaired) electrons. The number of carbonyl (C=O) groups is 3. The summed E-state index contributed by atoms with van der Waals surface area (Å²) in [5.41, 5.74) is -0.714. The second kappa shape index (κ2) is 10.4. The second-order valence-corrected chi connectivity index (χ2v) is 8.50. The number of amides is 3. The highest BCUT2D eigenvalue weighted by Crippen LogP contribution is 2.26. The van der Waals surface area contributed by atoms with Gasteiger partial charge in [0.25, 0.3) is 0 Å². The molecular formula is C21H34N2O6. The first-order valence-corrected chi connectivity index (χ1v) is 9.82. The van der Waals surface area contributed by atoms with E-state index in [4.69, 9.17) is 9.47 Å². The molecule has 0 saturated carbocycles. The van der Waals surface area contributed by atoms with Crippen LogP contribution in [0.1, 0.15) is 47.5 Å². The molecule has 2 N–H and O–H groups in total. The van der Waals surface area contributed by atoms with Crippen LogP contribution in [0.3, 0.4) is 0 Å². The summed E-state index contributed by atoms with van der Waals surface area (Å²) in [6, 6.07) is -1.24. The van der Waals surface area contributed by atoms with Gasteiger partial charge in [0, 0.05) is 0 Å². The van der Waals surface area contributed by atoms with Crippen molar-refractivity contribution in [2.24, 2.45) is 11.8 Å². The average Bonchev–Trinajstić information content (AvgIpc) is 2.98. The van der Waals surface area contributed by atoms with Gasteiger partial charge in [0.2, 0.25) is 5.91 Å². The fourth-order valence-electron chi connectivity index (χ4n) is 3.13. The summed E-state index contributed by atoms with van der Waals surface area (Å²) in [5, 5.41) is 13.6. The van der Waals surface area contributed by atoms with Crippen LogP contribution >= 0.6 is 0 Å². The maximum Gasteiger partial charge on any atom is 0.416 e. The Bertz CT molecular complexity index is 625. The highest BCUT2D eigenvalue weighted by Gasteiger charge is 2.45. The van der Waals surface area contributed by atoms with Crippen LogP contribution in [-0.4, -0.2) is 58.5 Å². The highest BCUT2D eigenvalue weighted by molar-refractivity contribution is 5.95. The molecule has 0 aliphatic carbocycles. The van der Waals surface area contributed by atoms with Crippen LogP contribution in [-0.2, 0) is 14.3 Å². The Labute approximate surface area is 172 Å². The van der Waals surface area contributed by atoms with Gasteiger partial charge in [0.15, 0.2) is 0 Å². The Morgan fingerprint density at radius 1 is 1.31 bits per heavy atom. The van der Waals surface area contributed by atoms with Crippen LogP contribution in [0.25, 0.3) is 0 Å². The third kappa shape index (κ3) is 6.88. The molecule has 1 heterocycles. The van der Waals surface area contributed by atoms with E-state index in [9.17, 15) is 19.5 Å². The normalized spacial score (nSPS) is 19.9. The minimum absolute atomic E-state index is 0.00390. The van der Waals surface area contributed by atoms with Gasteiger partial charge in [-0.25, -0.2) is 14.5 Å². The lowest BCUT2D eigenvalue weighted by atomic mass is 9.89. The molecule has 1 saturated heterocycles. The van der Waals surface area contributed by atoms with E-state index in [1.807, 2.05) is 13.8 Å². The molecule has 4 atom stereocenters. The number of cyclic esters (lactones) is 1. The van der Waals surface area contributed by atoms with E-state index in [-0.39, 0.29) is 25.4 Å². The molecule has 1 fully saturated rings. The first-order chi connectivity index (χ1) is 13.4. The lowest BCUT2D eigenvalue weighted by Crippen LogP contribution is -2.53. The minimum atomic E-state index is -1.28. The molecule has 0 unspecified atom stereocenters. The number of nitrogens with zero attached hydrogens (tertiary/aromatic N) is 1. The van der Waals surface area contributed by atoms with Crippen molar-refractivity contribution in [2.75, 3.05) is 6.61 Å². The van der Waals surface area contributed by atoms with Gasteiger partial charge in [0.1, 0.15) is 12.2 Å². The smallest absolute Gasteiger partial charge is 0.416 e. The van der Waals surface area contributed by atoms with Gasteiger partial charge in [-0.15, -0.1) is 13.2 Å². The summed E-state index contributed by atoms with van der Waals surface area (Å²) in [4.78, 5) is 38.6. The predicted molar refractivity (Wildman–Crippen MR) is 109 cm³/mol. The quantitative estimate of drug-likeness (QED) is 0.566. The molecule has 1 aliphatic rings. The monoisotopic (exact) mass is 410 g/mol. The van der Waals surface area contributed by atoms with E-state index < -0.39 is 47.8 Å². The van der Waals surface area contributed by atoms with Gasteiger partial charge < -0.3 is 19.9 Å². The molecule has 1 aliphatic heterocycles. The fourth-order valence-corrected chi connectivity index (χ4v) is 3.13. The third-order valence-corrected chi connectivity index (χ3v) is 4.60. The van der Waals surface area contributed by atoms with Gasteiger partial charge >= 0.3 is 12.2 Å². The molecule has 0 spiro atoms. The van der Waals surface area contributed by atoms with Crippen LogP contribution in [0.15, 0.2) is 25.3 Å². The Kier molecular flexibility index (Phi) is 8.88. The van der Waals surface area contributed by atoms with E-state index >= 15 is 0 Å². The lowest BCUT2D eigenvalue weighted by Gasteiger charge is -2.32. The fraction of sp³-hybridized carbons (Fsp3) is 0.667. The van der Waals surface area contributed by atoms with E-state index in [0.29, 0.717) is 0 Å². The van der Waals surface area contributed by atoms with Crippen molar-refractivity contribution in [3.8, 4) is 0 Å². The number of hydrogen-bond donors (Lipinski definition) is 2. The molecule has 0 bridgehead atoms. The molecule has 3 amide bonds. The summed E-state index contributed by atoms with van der Waals surface area (Å²) in [7, 11) is 0. The summed E-state index contributed by atoms with van der Waals surface area (Å²) >= 11 is 0. The van der Waals surface area contributed by atoms with Crippen molar-refractivity contribution in [3.05, 3.63) is 25.3 Å². The van der Waals surface area contributed by atoms with Crippen LogP contribution in [0.2, 0.25) is 0 Å². The van der Waals surface area contributed by atoms with Gasteiger partial charge in [-0.05, 0) is 39.5 Å². The third-order valence-electron chi connectivity index (χ3n) is 4.60. The molecule has 0 aromatic carbocycles. The number of carbonyl (C=O) groups excluding carboxylic acids is 3. The average molecular weight is 411 g/mol. The summed E-state index contributed by atoms with van der Waals surface area (Å²) in [6.45, 7) is 16.4. The topological polar surface area (TPSA) is 105 Å². The predicted octanol–water partition coefficient (Wildman–Crippen LogP) is 3.01. The number of aliphatic hydroxyl groups is 1. The summed E-state index contributed by atoms with van der Waals surface area (Å²) < 4.78 is 10.3. The van der Waals surface area contributed by atoms with Crippen molar-refractivity contribution in [2.45, 2.75) is 71.2 Å². The number of aliphatic hydroxyl groups excluding tert-OH is 1. The molecule has 0 aromatic heterocycles. The molecule has 164 valence electrons. The highest BCUT2D eigenvalue weighted by atomic mass is 16.6. The Morgan fingerprint density at radius 3 is 2.38 bits per heavy atom. The van der Waals surface area contributed by atoms with Crippen LogP contribution in [0.5, 0.6) is 0 Å². The maximum absolute atomic E-state index is 13.2. The number of hydrogen-bond acceptors (Lipinski definition) is 6. The zero-order valence-corrected chi connectivity index (χ0v) is 18.0. The number of allylic oxidation sites excluding steroid dienone is 1. The van der Waals surface area contributed by atoms with Crippen LogP contribution in [0.4, 0.5) is 9.59 Å². The SMILES string of the molecule is C=CC[C@H](C(=O)N1C(=O)OC[C@H]1C(C)C)[C@H](O)[C@@H](CC=C)NC(=O)OC(C)(C)C. The molecular weight excluding hydrogens is 376 g/mol. The zero-order valence-electron chi connectivity index (χ0n) is 18.0. The van der Waals surface area contributed by atoms with E-state index in [0.717, 1.165) is 4.90 Å². The molecule has 0 aromatic rings. The Morgan fingerprint density at radius 2 is 1.90 bits per heavy atom. The van der Waals surface area contributed by atoms with Gasteiger partial charge in [-0.2, -0.15) is 0 Å². The van der Waals surface area contributed by atoms with Crippen molar-refractivity contribution in [1.29, 1.82) is 0 Å². The first kappa shape index (κ1) is 24.7. The van der Waals surface area contributed by atoms with Gasteiger partial charge in [-0.3, -0.25) is 4.79 Å². The zero-order chi connectivity index (χ0) is 22.4. The number of nitrogens with one attached hydrogen (secondary N) is 1. The van der Waals surface area contributed by atoms with E-state index in [2.05, 4.69) is 18.5 Å². The van der Waals surface area contributed by atoms with Crippen molar-refractivity contribution in [3.63, 3.8) is 0 Å². The van der Waals surface area contributed by atoms with E-state index in [1.54, 1.807) is 20.8 Å². The number of imide groups is 1. The number of ether oxygens (including phenoxy) is 2. The standard InChI is InChI=1S/C21H34N2O6/c1-8-10-14(18(25)23-16(13(3)4)12-28-20(23)27)17(24)15(11-9-2)22-19(26)29-21(5,6)7/h8-9,13-17,24H,1-2,10-12H2,3-7H3,(H,22,26)/t14-,15+,16-,17-/m0/s1. The second-order valence-electron chi connectivity index (χ2n) is 8.50. The first-order valence-electron chi connectivity index (χ1n) is 9.82.